The van der Waals surface area contributed by atoms with Crippen LogP contribution in [0.5, 0.6) is 0 Å². The third kappa shape index (κ3) is 4.00. The quantitative estimate of drug-likeness (QED) is 0.836. The molecule has 2 aromatic rings. The van der Waals surface area contributed by atoms with Crippen molar-refractivity contribution in [3.63, 3.8) is 0 Å². The van der Waals surface area contributed by atoms with Crippen LogP contribution < -0.4 is 10.6 Å². The van der Waals surface area contributed by atoms with E-state index in [9.17, 15) is 4.79 Å². The van der Waals surface area contributed by atoms with Gasteiger partial charge in [-0.25, -0.2) is 0 Å². The number of hydrogen-bond acceptors (Lipinski definition) is 3. The van der Waals surface area contributed by atoms with E-state index in [1.165, 1.54) is 5.56 Å². The fourth-order valence-corrected chi connectivity index (χ4v) is 3.31. The highest BCUT2D eigenvalue weighted by Gasteiger charge is 2.34. The van der Waals surface area contributed by atoms with Gasteiger partial charge in [0.25, 0.3) is 0 Å². The Balaban J connectivity index is 1.54. The molecule has 1 saturated heterocycles. The Morgan fingerprint density at radius 3 is 2.87 bits per heavy atom. The van der Waals surface area contributed by atoms with Gasteiger partial charge in [0, 0.05) is 43.3 Å². The van der Waals surface area contributed by atoms with Gasteiger partial charge in [0.1, 0.15) is 0 Å². The molecule has 2 atom stereocenters. The first kappa shape index (κ1) is 16.2. The molecule has 1 aliphatic heterocycles. The largest absolute Gasteiger partial charge is 0.355 e. The van der Waals surface area contributed by atoms with Crippen LogP contribution in [0.2, 0.25) is 0 Å². The second-order valence-electron chi connectivity index (χ2n) is 5.99. The van der Waals surface area contributed by atoms with Gasteiger partial charge in [-0.05, 0) is 29.7 Å². The van der Waals surface area contributed by atoms with Crippen LogP contribution in [0.1, 0.15) is 17.0 Å². The van der Waals surface area contributed by atoms with Crippen molar-refractivity contribution >= 4 is 21.8 Å². The SMILES string of the molecule is Cn1cc([C@H]2CNC[C@@H]2C(=O)NCCc2ccc(Br)cc2)cn1. The van der Waals surface area contributed by atoms with Crippen LogP contribution >= 0.6 is 15.9 Å². The van der Waals surface area contributed by atoms with Crippen LogP contribution in [-0.2, 0) is 18.3 Å². The van der Waals surface area contributed by atoms with Crippen LogP contribution in [-0.4, -0.2) is 35.3 Å². The molecule has 0 radical (unpaired) electrons. The van der Waals surface area contributed by atoms with Crippen LogP contribution in [0.4, 0.5) is 0 Å². The van der Waals surface area contributed by atoms with E-state index < -0.39 is 0 Å². The van der Waals surface area contributed by atoms with Crippen molar-refractivity contribution in [2.75, 3.05) is 19.6 Å². The molecule has 0 aliphatic carbocycles. The van der Waals surface area contributed by atoms with Crippen LogP contribution in [0.15, 0.2) is 41.1 Å². The predicted molar refractivity (Wildman–Crippen MR) is 93.2 cm³/mol. The summed E-state index contributed by atoms with van der Waals surface area (Å²) in [7, 11) is 1.90. The third-order valence-corrected chi connectivity index (χ3v) is 4.86. The molecular weight excluding hydrogens is 356 g/mol. The average molecular weight is 377 g/mol. The van der Waals surface area contributed by atoms with Crippen molar-refractivity contribution in [3.8, 4) is 0 Å². The molecule has 2 heterocycles. The molecular formula is C17H21BrN4O. The molecule has 0 saturated carbocycles. The molecule has 0 spiro atoms. The number of nitrogens with zero attached hydrogens (tertiary/aromatic N) is 2. The minimum absolute atomic E-state index is 0.0240. The van der Waals surface area contributed by atoms with Crippen molar-refractivity contribution in [2.24, 2.45) is 13.0 Å². The summed E-state index contributed by atoms with van der Waals surface area (Å²) in [6.45, 7) is 2.22. The molecule has 2 N–H and O–H groups in total. The zero-order valence-electron chi connectivity index (χ0n) is 13.1. The van der Waals surface area contributed by atoms with Crippen molar-refractivity contribution in [1.29, 1.82) is 0 Å². The maximum atomic E-state index is 12.5. The first-order valence-electron chi connectivity index (χ1n) is 7.85. The van der Waals surface area contributed by atoms with Gasteiger partial charge in [-0.15, -0.1) is 0 Å². The molecule has 1 fully saturated rings. The Bertz CT molecular complexity index is 667. The number of aromatic nitrogens is 2. The second-order valence-corrected chi connectivity index (χ2v) is 6.90. The molecule has 3 rings (SSSR count). The number of carbonyl (C=O) groups is 1. The highest BCUT2D eigenvalue weighted by Crippen LogP contribution is 2.27. The molecule has 122 valence electrons. The number of hydrogen-bond donors (Lipinski definition) is 2. The maximum absolute atomic E-state index is 12.5. The van der Waals surface area contributed by atoms with Crippen LogP contribution in [0.25, 0.3) is 0 Å². The predicted octanol–water partition coefficient (Wildman–Crippen LogP) is 1.84. The van der Waals surface area contributed by atoms with Crippen molar-refractivity contribution < 1.29 is 4.79 Å². The van der Waals surface area contributed by atoms with Gasteiger partial charge in [-0.1, -0.05) is 28.1 Å². The summed E-state index contributed by atoms with van der Waals surface area (Å²) in [6, 6.07) is 8.20. The van der Waals surface area contributed by atoms with Crippen molar-refractivity contribution in [1.82, 2.24) is 20.4 Å². The first-order chi connectivity index (χ1) is 11.1. The molecule has 1 aromatic heterocycles. The summed E-state index contributed by atoms with van der Waals surface area (Å²) >= 11 is 3.43. The lowest BCUT2D eigenvalue weighted by molar-refractivity contribution is -0.124. The lowest BCUT2D eigenvalue weighted by Gasteiger charge is -2.17. The lowest BCUT2D eigenvalue weighted by Crippen LogP contribution is -2.35. The number of carbonyl (C=O) groups excluding carboxylic acids is 1. The molecule has 1 amide bonds. The summed E-state index contributed by atoms with van der Waals surface area (Å²) in [4.78, 5) is 12.5. The molecule has 0 unspecified atom stereocenters. The van der Waals surface area contributed by atoms with E-state index >= 15 is 0 Å². The van der Waals surface area contributed by atoms with E-state index in [0.717, 1.165) is 29.5 Å². The number of aryl methyl sites for hydroxylation is 1. The van der Waals surface area contributed by atoms with Gasteiger partial charge in [-0.2, -0.15) is 5.10 Å². The Labute approximate surface area is 144 Å². The van der Waals surface area contributed by atoms with Gasteiger partial charge < -0.3 is 10.6 Å². The average Bonchev–Trinajstić information content (AvgIpc) is 3.17. The van der Waals surface area contributed by atoms with Crippen LogP contribution in [0.3, 0.4) is 0 Å². The monoisotopic (exact) mass is 376 g/mol. The van der Waals surface area contributed by atoms with Gasteiger partial charge in [0.15, 0.2) is 0 Å². The van der Waals surface area contributed by atoms with Gasteiger partial charge in [0.05, 0.1) is 12.1 Å². The summed E-state index contributed by atoms with van der Waals surface area (Å²) in [6.07, 6.45) is 4.70. The fraction of sp³-hybridized carbons (Fsp3) is 0.412. The number of amides is 1. The Kier molecular flexibility index (Phi) is 5.13. The Morgan fingerprint density at radius 2 is 2.17 bits per heavy atom. The molecule has 6 heteroatoms. The van der Waals surface area contributed by atoms with Crippen molar-refractivity contribution in [3.05, 3.63) is 52.3 Å². The lowest BCUT2D eigenvalue weighted by atomic mass is 9.90. The molecule has 5 nitrogen and oxygen atoms in total. The Morgan fingerprint density at radius 1 is 1.39 bits per heavy atom. The summed E-state index contributed by atoms with van der Waals surface area (Å²) in [5.41, 5.74) is 2.35. The van der Waals surface area contributed by atoms with E-state index in [2.05, 4.69) is 43.8 Å². The first-order valence-corrected chi connectivity index (χ1v) is 8.64. The van der Waals surface area contributed by atoms with E-state index in [1.54, 1.807) is 4.68 Å². The Hall–Kier alpha value is -1.66. The van der Waals surface area contributed by atoms with Gasteiger partial charge in [0.2, 0.25) is 5.91 Å². The minimum atomic E-state index is -0.0240. The number of benzene rings is 1. The molecule has 1 aromatic carbocycles. The fourth-order valence-electron chi connectivity index (χ4n) is 3.05. The molecule has 23 heavy (non-hydrogen) atoms. The molecule has 1 aliphatic rings. The van der Waals surface area contributed by atoms with Crippen molar-refractivity contribution in [2.45, 2.75) is 12.3 Å². The minimum Gasteiger partial charge on any atom is -0.355 e. The van der Waals surface area contributed by atoms with E-state index in [0.29, 0.717) is 6.54 Å². The summed E-state index contributed by atoms with van der Waals surface area (Å²) < 4.78 is 2.86. The van der Waals surface area contributed by atoms with E-state index in [-0.39, 0.29) is 17.7 Å². The number of halogens is 1. The maximum Gasteiger partial charge on any atom is 0.225 e. The van der Waals surface area contributed by atoms with Crippen LogP contribution in [0, 0.1) is 5.92 Å². The zero-order chi connectivity index (χ0) is 16.2. The number of nitrogens with one attached hydrogen (secondary N) is 2. The third-order valence-electron chi connectivity index (χ3n) is 4.33. The summed E-state index contributed by atoms with van der Waals surface area (Å²) in [5.74, 6) is 0.307. The van der Waals surface area contributed by atoms with Gasteiger partial charge in [-0.3, -0.25) is 9.48 Å². The topological polar surface area (TPSA) is 59.0 Å². The number of rotatable bonds is 5. The van der Waals surface area contributed by atoms with Gasteiger partial charge >= 0.3 is 0 Å². The zero-order valence-corrected chi connectivity index (χ0v) is 14.7. The second kappa shape index (κ2) is 7.27. The highest BCUT2D eigenvalue weighted by molar-refractivity contribution is 9.10. The highest BCUT2D eigenvalue weighted by atomic mass is 79.9. The smallest absolute Gasteiger partial charge is 0.225 e. The summed E-state index contributed by atoms with van der Waals surface area (Å²) in [5, 5.41) is 10.6. The molecule has 0 bridgehead atoms. The standard InChI is InChI=1S/C17H21BrN4O/c1-22-11-13(8-21-22)15-9-19-10-16(15)17(23)20-7-6-12-2-4-14(18)5-3-12/h2-5,8,11,15-16,19H,6-7,9-10H2,1H3,(H,20,23)/t15-,16+/m1/s1. The van der Waals surface area contributed by atoms with E-state index in [1.807, 2.05) is 31.6 Å². The van der Waals surface area contributed by atoms with E-state index in [4.69, 9.17) is 0 Å². The normalized spacial score (nSPS) is 20.6.